The summed E-state index contributed by atoms with van der Waals surface area (Å²) in [6, 6.07) is 6.07. The van der Waals surface area contributed by atoms with Gasteiger partial charge in [0, 0.05) is 19.8 Å². The molecule has 1 aliphatic heterocycles. The lowest BCUT2D eigenvalue weighted by Crippen LogP contribution is -2.21. The highest BCUT2D eigenvalue weighted by Crippen LogP contribution is 2.31. The Morgan fingerprint density at radius 3 is 2.71 bits per heavy atom. The molecule has 0 radical (unpaired) electrons. The Balaban J connectivity index is 2.35. The topological polar surface area (TPSA) is 32.8 Å². The van der Waals surface area contributed by atoms with Gasteiger partial charge in [0.1, 0.15) is 6.23 Å². The van der Waals surface area contributed by atoms with Crippen LogP contribution < -0.4 is 4.90 Å². The number of amides is 1. The van der Waals surface area contributed by atoms with Crippen molar-refractivity contribution in [3.8, 4) is 0 Å². The van der Waals surface area contributed by atoms with E-state index in [1.54, 1.807) is 12.0 Å². The van der Waals surface area contributed by atoms with Gasteiger partial charge in [-0.05, 0) is 37.4 Å². The number of benzene rings is 1. The molecule has 4 heteroatoms. The van der Waals surface area contributed by atoms with Crippen LogP contribution in [0.25, 0.3) is 0 Å². The third kappa shape index (κ3) is 2.06. The summed E-state index contributed by atoms with van der Waals surface area (Å²) in [5.74, 6) is 0.149. The molecular formula is C13H18N2O2. The second-order valence-electron chi connectivity index (χ2n) is 4.57. The van der Waals surface area contributed by atoms with Gasteiger partial charge in [0.05, 0.1) is 6.42 Å². The molecule has 1 heterocycles. The number of nitrogens with zero attached hydrogens (tertiary/aromatic N) is 2. The highest BCUT2D eigenvalue weighted by atomic mass is 16.5. The maximum Gasteiger partial charge on any atom is 0.231 e. The molecule has 0 N–H and O–H groups in total. The zero-order valence-corrected chi connectivity index (χ0v) is 10.7. The maximum absolute atomic E-state index is 11.6. The third-order valence-corrected chi connectivity index (χ3v) is 3.16. The standard InChI is InChI=1S/C13H18N2O2/c1-14(2)13(17-4)9-5-6-11-10(7-9)8-12(16)15(11)3/h5-7,13H,8H2,1-4H3. The van der Waals surface area contributed by atoms with Crippen molar-refractivity contribution < 1.29 is 9.53 Å². The van der Waals surface area contributed by atoms with Crippen LogP contribution in [0.2, 0.25) is 0 Å². The van der Waals surface area contributed by atoms with Gasteiger partial charge >= 0.3 is 0 Å². The van der Waals surface area contributed by atoms with E-state index in [1.165, 1.54) is 0 Å². The smallest absolute Gasteiger partial charge is 0.231 e. The Bertz CT molecular complexity index is 443. The number of carbonyl (C=O) groups excluding carboxylic acids is 1. The molecule has 4 nitrogen and oxygen atoms in total. The molecule has 2 rings (SSSR count). The van der Waals surface area contributed by atoms with Crippen LogP contribution in [0.1, 0.15) is 17.4 Å². The Morgan fingerprint density at radius 2 is 2.12 bits per heavy atom. The summed E-state index contributed by atoms with van der Waals surface area (Å²) < 4.78 is 5.44. The Morgan fingerprint density at radius 1 is 1.41 bits per heavy atom. The van der Waals surface area contributed by atoms with Gasteiger partial charge in [0.25, 0.3) is 0 Å². The van der Waals surface area contributed by atoms with Crippen LogP contribution >= 0.6 is 0 Å². The normalized spacial score (nSPS) is 16.5. The first kappa shape index (κ1) is 12.1. The maximum atomic E-state index is 11.6. The molecule has 0 aliphatic carbocycles. The van der Waals surface area contributed by atoms with Crippen LogP contribution in [-0.2, 0) is 16.0 Å². The van der Waals surface area contributed by atoms with Crippen molar-refractivity contribution in [1.82, 2.24) is 4.90 Å². The van der Waals surface area contributed by atoms with Crippen molar-refractivity contribution in [3.63, 3.8) is 0 Å². The number of likely N-dealkylation sites (N-methyl/N-ethyl adjacent to an activating group) is 1. The van der Waals surface area contributed by atoms with Crippen LogP contribution in [0.15, 0.2) is 18.2 Å². The van der Waals surface area contributed by atoms with Crippen molar-refractivity contribution in [3.05, 3.63) is 29.3 Å². The quantitative estimate of drug-likeness (QED) is 0.741. The van der Waals surface area contributed by atoms with E-state index in [0.29, 0.717) is 6.42 Å². The summed E-state index contributed by atoms with van der Waals surface area (Å²) in [6.07, 6.45) is 0.421. The van der Waals surface area contributed by atoms with E-state index in [2.05, 4.69) is 6.07 Å². The SMILES string of the molecule is COC(c1ccc2c(c1)CC(=O)N2C)N(C)C. The molecule has 0 spiro atoms. The van der Waals surface area contributed by atoms with E-state index in [4.69, 9.17) is 4.74 Å². The van der Waals surface area contributed by atoms with Crippen LogP contribution in [0, 0.1) is 0 Å². The lowest BCUT2D eigenvalue weighted by Gasteiger charge is -2.23. The summed E-state index contributed by atoms with van der Waals surface area (Å²) in [6.45, 7) is 0. The lowest BCUT2D eigenvalue weighted by molar-refractivity contribution is -0.117. The summed E-state index contributed by atoms with van der Waals surface area (Å²) in [5, 5.41) is 0. The van der Waals surface area contributed by atoms with Crippen molar-refractivity contribution in [2.45, 2.75) is 12.6 Å². The molecule has 0 saturated carbocycles. The molecule has 0 bridgehead atoms. The molecule has 0 saturated heterocycles. The van der Waals surface area contributed by atoms with Gasteiger partial charge in [-0.3, -0.25) is 9.69 Å². The number of methoxy groups -OCH3 is 1. The zero-order valence-electron chi connectivity index (χ0n) is 10.7. The van der Waals surface area contributed by atoms with Crippen LogP contribution in [-0.4, -0.2) is 39.1 Å². The number of hydrogen-bond donors (Lipinski definition) is 0. The van der Waals surface area contributed by atoms with Gasteiger partial charge < -0.3 is 9.64 Å². The van der Waals surface area contributed by atoms with Crippen LogP contribution in [0.4, 0.5) is 5.69 Å². The minimum absolute atomic E-state index is 0.0682. The second-order valence-corrected chi connectivity index (χ2v) is 4.57. The monoisotopic (exact) mass is 234 g/mol. The minimum Gasteiger partial charge on any atom is -0.362 e. The van der Waals surface area contributed by atoms with Crippen molar-refractivity contribution in [2.24, 2.45) is 0 Å². The molecule has 1 aromatic rings. The third-order valence-electron chi connectivity index (χ3n) is 3.16. The first-order valence-electron chi connectivity index (χ1n) is 5.63. The highest BCUT2D eigenvalue weighted by Gasteiger charge is 2.25. The highest BCUT2D eigenvalue weighted by molar-refractivity contribution is 6.00. The zero-order chi connectivity index (χ0) is 12.6. The number of fused-ring (bicyclic) bond motifs is 1. The molecule has 92 valence electrons. The van der Waals surface area contributed by atoms with Crippen molar-refractivity contribution >= 4 is 11.6 Å². The molecular weight excluding hydrogens is 216 g/mol. The molecule has 1 atom stereocenters. The Kier molecular flexibility index (Phi) is 3.17. The summed E-state index contributed by atoms with van der Waals surface area (Å²) in [4.78, 5) is 15.3. The minimum atomic E-state index is -0.0682. The van der Waals surface area contributed by atoms with E-state index in [9.17, 15) is 4.79 Å². The number of ether oxygens (including phenoxy) is 1. The van der Waals surface area contributed by atoms with Gasteiger partial charge in [-0.1, -0.05) is 6.07 Å². The van der Waals surface area contributed by atoms with Gasteiger partial charge in [0.2, 0.25) is 5.91 Å². The average molecular weight is 234 g/mol. The van der Waals surface area contributed by atoms with E-state index >= 15 is 0 Å². The fourth-order valence-electron chi connectivity index (χ4n) is 2.29. The number of rotatable bonds is 3. The summed E-state index contributed by atoms with van der Waals surface area (Å²) in [5.41, 5.74) is 3.17. The van der Waals surface area contributed by atoms with E-state index in [0.717, 1.165) is 16.8 Å². The predicted octanol–water partition coefficient (Wildman–Crippen LogP) is 1.41. The fourth-order valence-corrected chi connectivity index (χ4v) is 2.29. The number of hydrogen-bond acceptors (Lipinski definition) is 3. The first-order chi connectivity index (χ1) is 8.04. The Labute approximate surface area is 102 Å². The van der Waals surface area contributed by atoms with E-state index < -0.39 is 0 Å². The number of carbonyl (C=O) groups is 1. The largest absolute Gasteiger partial charge is 0.362 e. The summed E-state index contributed by atoms with van der Waals surface area (Å²) >= 11 is 0. The van der Waals surface area contributed by atoms with Crippen molar-refractivity contribution in [2.75, 3.05) is 33.2 Å². The second kappa shape index (κ2) is 4.47. The Hall–Kier alpha value is -1.39. The lowest BCUT2D eigenvalue weighted by atomic mass is 10.1. The molecule has 1 aromatic carbocycles. The van der Waals surface area contributed by atoms with E-state index in [1.807, 2.05) is 38.2 Å². The van der Waals surface area contributed by atoms with Crippen LogP contribution in [0.5, 0.6) is 0 Å². The van der Waals surface area contributed by atoms with Gasteiger partial charge in [0.15, 0.2) is 0 Å². The molecule has 1 unspecified atom stereocenters. The van der Waals surface area contributed by atoms with Gasteiger partial charge in [-0.25, -0.2) is 0 Å². The van der Waals surface area contributed by atoms with E-state index in [-0.39, 0.29) is 12.1 Å². The molecule has 0 aromatic heterocycles. The number of anilines is 1. The molecule has 17 heavy (non-hydrogen) atoms. The fraction of sp³-hybridized carbons (Fsp3) is 0.462. The predicted molar refractivity (Wildman–Crippen MR) is 67.0 cm³/mol. The summed E-state index contributed by atoms with van der Waals surface area (Å²) in [7, 11) is 7.44. The first-order valence-corrected chi connectivity index (χ1v) is 5.63. The van der Waals surface area contributed by atoms with Crippen molar-refractivity contribution in [1.29, 1.82) is 0 Å². The van der Waals surface area contributed by atoms with Gasteiger partial charge in [-0.2, -0.15) is 0 Å². The van der Waals surface area contributed by atoms with Gasteiger partial charge in [-0.15, -0.1) is 0 Å². The molecule has 1 amide bonds. The molecule has 0 fully saturated rings. The molecule has 1 aliphatic rings. The average Bonchev–Trinajstić information content (AvgIpc) is 2.55. The van der Waals surface area contributed by atoms with Crippen LogP contribution in [0.3, 0.4) is 0 Å².